The zero-order valence-corrected chi connectivity index (χ0v) is 23.1. The van der Waals surface area contributed by atoms with Gasteiger partial charge in [-0.3, -0.25) is 0 Å². The van der Waals surface area contributed by atoms with Gasteiger partial charge in [0.25, 0.3) is 0 Å². The lowest BCUT2D eigenvalue weighted by molar-refractivity contribution is 0.0148. The van der Waals surface area contributed by atoms with Crippen LogP contribution in [0.4, 0.5) is 0 Å². The Labute approximate surface area is 228 Å². The van der Waals surface area contributed by atoms with Gasteiger partial charge in [0.15, 0.2) is 0 Å². The molecule has 0 aromatic heterocycles. The highest BCUT2D eigenvalue weighted by Crippen LogP contribution is 2.21. The summed E-state index contributed by atoms with van der Waals surface area (Å²) < 4.78 is 6.17. The molecule has 2 aliphatic heterocycles. The van der Waals surface area contributed by atoms with Gasteiger partial charge >= 0.3 is 5.97 Å². The SMILES string of the molecule is CCCCN1C=CN(CC(CN2C=CN(CCCC)C2)OC(=O)c2cccc3ccccc23)C1.Cl.Cl. The van der Waals surface area contributed by atoms with E-state index in [0.29, 0.717) is 18.7 Å². The number of carbonyl (C=O) groups is 1. The normalized spacial score (nSPS) is 14.5. The third kappa shape index (κ3) is 7.97. The predicted molar refractivity (Wildman–Crippen MR) is 152 cm³/mol. The number of nitrogens with zero attached hydrogens (tertiary/aromatic N) is 4. The van der Waals surface area contributed by atoms with Gasteiger partial charge in [-0.25, -0.2) is 4.79 Å². The van der Waals surface area contributed by atoms with Crippen LogP contribution in [0.2, 0.25) is 0 Å². The highest BCUT2D eigenvalue weighted by molar-refractivity contribution is 6.04. The van der Waals surface area contributed by atoms with Crippen LogP contribution in [0.3, 0.4) is 0 Å². The van der Waals surface area contributed by atoms with E-state index in [-0.39, 0.29) is 36.9 Å². The van der Waals surface area contributed by atoms with Gasteiger partial charge in [0.1, 0.15) is 6.10 Å². The second kappa shape index (κ2) is 14.9. The standard InChI is InChI=1S/C28H38N4O2.2ClH/c1-3-5-14-29-16-18-31(22-29)20-25(21-32-19-17-30(23-32)15-6-4-2)34-28(33)27-13-9-11-24-10-7-8-12-26(24)27;;/h7-13,16-19,25H,3-6,14-15,20-23H2,1-2H3;2*1H. The number of fused-ring (bicyclic) bond motifs is 1. The van der Waals surface area contributed by atoms with E-state index in [2.05, 4.69) is 58.2 Å². The molecular weight excluding hydrogens is 495 g/mol. The van der Waals surface area contributed by atoms with Crippen LogP contribution in [0.15, 0.2) is 67.3 Å². The Hall–Kier alpha value is -2.57. The molecule has 198 valence electrons. The molecule has 0 bridgehead atoms. The average molecular weight is 536 g/mol. The largest absolute Gasteiger partial charge is 0.455 e. The maximum Gasteiger partial charge on any atom is 0.339 e. The van der Waals surface area contributed by atoms with Gasteiger partial charge in [-0.2, -0.15) is 0 Å². The van der Waals surface area contributed by atoms with Gasteiger partial charge in [-0.1, -0.05) is 63.1 Å². The van der Waals surface area contributed by atoms with Gasteiger partial charge < -0.3 is 24.3 Å². The molecule has 0 atom stereocenters. The van der Waals surface area contributed by atoms with Crippen molar-refractivity contribution in [1.29, 1.82) is 0 Å². The van der Waals surface area contributed by atoms with Crippen LogP contribution in [0.5, 0.6) is 0 Å². The molecule has 8 heteroatoms. The highest BCUT2D eigenvalue weighted by atomic mass is 35.5. The molecule has 2 aliphatic rings. The number of rotatable bonds is 12. The summed E-state index contributed by atoms with van der Waals surface area (Å²) in [5.41, 5.74) is 0.631. The molecule has 2 aromatic carbocycles. The molecule has 2 aromatic rings. The first kappa shape index (κ1) is 29.7. The molecule has 0 spiro atoms. The van der Waals surface area contributed by atoms with Crippen molar-refractivity contribution in [3.63, 3.8) is 0 Å². The quantitative estimate of drug-likeness (QED) is 0.315. The van der Waals surface area contributed by atoms with Crippen molar-refractivity contribution < 1.29 is 9.53 Å². The number of benzene rings is 2. The number of esters is 1. The summed E-state index contributed by atoms with van der Waals surface area (Å²) in [4.78, 5) is 22.5. The fourth-order valence-corrected chi connectivity index (χ4v) is 4.56. The summed E-state index contributed by atoms with van der Waals surface area (Å²) in [7, 11) is 0. The summed E-state index contributed by atoms with van der Waals surface area (Å²) in [6.45, 7) is 9.60. The molecule has 0 radical (unpaired) electrons. The molecule has 2 heterocycles. The number of carbonyl (C=O) groups excluding carboxylic acids is 1. The zero-order valence-electron chi connectivity index (χ0n) is 21.4. The van der Waals surface area contributed by atoms with Gasteiger partial charge in [0.05, 0.1) is 32.0 Å². The van der Waals surface area contributed by atoms with E-state index in [1.165, 1.54) is 25.7 Å². The van der Waals surface area contributed by atoms with Crippen LogP contribution in [0.1, 0.15) is 49.9 Å². The van der Waals surface area contributed by atoms with E-state index < -0.39 is 0 Å². The third-order valence-corrected chi connectivity index (χ3v) is 6.46. The molecule has 6 nitrogen and oxygen atoms in total. The second-order valence-corrected chi connectivity index (χ2v) is 9.31. The lowest BCUT2D eigenvalue weighted by Crippen LogP contribution is -2.41. The van der Waals surface area contributed by atoms with Crippen molar-refractivity contribution in [2.45, 2.75) is 45.6 Å². The summed E-state index contributed by atoms with van der Waals surface area (Å²) >= 11 is 0. The maximum atomic E-state index is 13.3. The van der Waals surface area contributed by atoms with E-state index >= 15 is 0 Å². The molecule has 0 saturated carbocycles. The van der Waals surface area contributed by atoms with Crippen LogP contribution < -0.4 is 0 Å². The summed E-state index contributed by atoms with van der Waals surface area (Å²) in [6.07, 6.45) is 13.1. The Bertz CT molecular complexity index is 977. The molecule has 0 N–H and O–H groups in total. The smallest absolute Gasteiger partial charge is 0.339 e. The minimum Gasteiger partial charge on any atom is -0.455 e. The summed E-state index contributed by atoms with van der Waals surface area (Å²) in [5.74, 6) is -0.251. The zero-order chi connectivity index (χ0) is 23.8. The minimum atomic E-state index is -0.251. The maximum absolute atomic E-state index is 13.3. The Balaban J connectivity index is 0.00000228. The Kier molecular flexibility index (Phi) is 12.2. The van der Waals surface area contributed by atoms with Gasteiger partial charge in [-0.15, -0.1) is 24.8 Å². The fourth-order valence-electron chi connectivity index (χ4n) is 4.56. The van der Waals surface area contributed by atoms with Gasteiger partial charge in [-0.05, 0) is 29.7 Å². The Morgan fingerprint density at radius 1 is 0.778 bits per heavy atom. The summed E-state index contributed by atoms with van der Waals surface area (Å²) in [5, 5.41) is 1.99. The topological polar surface area (TPSA) is 39.3 Å². The van der Waals surface area contributed by atoms with Crippen molar-refractivity contribution in [1.82, 2.24) is 19.6 Å². The van der Waals surface area contributed by atoms with Crippen LogP contribution in [0.25, 0.3) is 10.8 Å². The van der Waals surface area contributed by atoms with Crippen molar-refractivity contribution in [3.05, 3.63) is 72.8 Å². The van der Waals surface area contributed by atoms with E-state index in [0.717, 1.165) is 37.2 Å². The number of halogens is 2. The van der Waals surface area contributed by atoms with Gasteiger partial charge in [0, 0.05) is 37.9 Å². The molecule has 0 unspecified atom stereocenters. The molecule has 0 amide bonds. The van der Waals surface area contributed by atoms with E-state index in [4.69, 9.17) is 4.74 Å². The first-order chi connectivity index (χ1) is 16.7. The van der Waals surface area contributed by atoms with E-state index in [1.54, 1.807) is 0 Å². The molecule has 0 aliphatic carbocycles. The average Bonchev–Trinajstić information content (AvgIpc) is 3.50. The molecule has 0 fully saturated rings. The second-order valence-electron chi connectivity index (χ2n) is 9.31. The minimum absolute atomic E-state index is 0. The molecular formula is C28H40Cl2N4O2. The lowest BCUT2D eigenvalue weighted by atomic mass is 10.0. The van der Waals surface area contributed by atoms with Crippen LogP contribution in [0, 0.1) is 0 Å². The Morgan fingerprint density at radius 3 is 1.89 bits per heavy atom. The van der Waals surface area contributed by atoms with Crippen molar-refractivity contribution in [2.24, 2.45) is 0 Å². The number of ether oxygens (including phenoxy) is 1. The van der Waals surface area contributed by atoms with E-state index in [1.807, 2.05) is 42.5 Å². The summed E-state index contributed by atoms with van der Waals surface area (Å²) in [6, 6.07) is 13.8. The molecule has 4 rings (SSSR count). The number of hydrogen-bond donors (Lipinski definition) is 0. The first-order valence-corrected chi connectivity index (χ1v) is 12.7. The van der Waals surface area contributed by atoms with Crippen LogP contribution in [-0.4, -0.2) is 71.2 Å². The highest BCUT2D eigenvalue weighted by Gasteiger charge is 2.25. The third-order valence-electron chi connectivity index (χ3n) is 6.46. The van der Waals surface area contributed by atoms with Crippen molar-refractivity contribution >= 4 is 41.6 Å². The predicted octanol–water partition coefficient (Wildman–Crippen LogP) is 5.90. The lowest BCUT2D eigenvalue weighted by Gasteiger charge is -2.29. The van der Waals surface area contributed by atoms with Gasteiger partial charge in [0.2, 0.25) is 0 Å². The molecule has 0 saturated heterocycles. The van der Waals surface area contributed by atoms with Crippen molar-refractivity contribution in [2.75, 3.05) is 39.5 Å². The number of hydrogen-bond acceptors (Lipinski definition) is 6. The first-order valence-electron chi connectivity index (χ1n) is 12.7. The van der Waals surface area contributed by atoms with Crippen LogP contribution in [-0.2, 0) is 4.74 Å². The Morgan fingerprint density at radius 2 is 1.31 bits per heavy atom. The monoisotopic (exact) mass is 534 g/mol. The number of unbranched alkanes of at least 4 members (excludes halogenated alkanes) is 2. The van der Waals surface area contributed by atoms with Crippen molar-refractivity contribution in [3.8, 4) is 0 Å². The molecule has 36 heavy (non-hydrogen) atoms. The van der Waals surface area contributed by atoms with E-state index in [9.17, 15) is 4.79 Å². The fraction of sp³-hybridized carbons (Fsp3) is 0.464. The van der Waals surface area contributed by atoms with Crippen LogP contribution >= 0.6 is 24.8 Å².